The number of likely N-dealkylation sites (tertiary alicyclic amines) is 1. The average molecular weight is 358 g/mol. The molecule has 1 unspecified atom stereocenters. The van der Waals surface area contributed by atoms with Crippen LogP contribution in [0.25, 0.3) is 0 Å². The van der Waals surface area contributed by atoms with Crippen LogP contribution in [-0.2, 0) is 11.3 Å². The molecule has 3 rings (SSSR count). The molecule has 0 bridgehead atoms. The maximum Gasteiger partial charge on any atom is 0.320 e. The summed E-state index contributed by atoms with van der Waals surface area (Å²) in [4.78, 5) is 31.1. The molecule has 0 saturated carbocycles. The highest BCUT2D eigenvalue weighted by Crippen LogP contribution is 2.22. The zero-order valence-electron chi connectivity index (χ0n) is 15.9. The molecule has 1 aromatic rings. The van der Waals surface area contributed by atoms with Crippen molar-refractivity contribution in [3.63, 3.8) is 0 Å². The summed E-state index contributed by atoms with van der Waals surface area (Å²) in [5, 5.41) is 3.32. The highest BCUT2D eigenvalue weighted by atomic mass is 16.2. The molecule has 2 fully saturated rings. The van der Waals surface area contributed by atoms with Gasteiger partial charge in [-0.3, -0.25) is 4.79 Å². The molecule has 2 heterocycles. The van der Waals surface area contributed by atoms with Gasteiger partial charge in [0.1, 0.15) is 0 Å². The summed E-state index contributed by atoms with van der Waals surface area (Å²) >= 11 is 0. The lowest BCUT2D eigenvalue weighted by atomic mass is 9.94. The van der Waals surface area contributed by atoms with Crippen LogP contribution in [0.15, 0.2) is 30.3 Å². The van der Waals surface area contributed by atoms with Crippen molar-refractivity contribution in [3.05, 3.63) is 35.9 Å². The second kappa shape index (κ2) is 8.54. The number of amides is 3. The number of piperidine rings is 1. The van der Waals surface area contributed by atoms with Crippen LogP contribution in [0.2, 0.25) is 0 Å². The van der Waals surface area contributed by atoms with E-state index >= 15 is 0 Å². The van der Waals surface area contributed by atoms with Gasteiger partial charge in [0.05, 0.1) is 0 Å². The van der Waals surface area contributed by atoms with E-state index in [0.29, 0.717) is 19.6 Å². The van der Waals surface area contributed by atoms with Gasteiger partial charge >= 0.3 is 6.03 Å². The topological polar surface area (TPSA) is 55.9 Å². The van der Waals surface area contributed by atoms with E-state index in [2.05, 4.69) is 12.2 Å². The van der Waals surface area contributed by atoms with Crippen LogP contribution in [0.5, 0.6) is 0 Å². The third-order valence-corrected chi connectivity index (χ3v) is 5.49. The van der Waals surface area contributed by atoms with Gasteiger partial charge in [-0.25, -0.2) is 4.79 Å². The molecular formula is C20H30N4O2. The summed E-state index contributed by atoms with van der Waals surface area (Å²) in [6, 6.07) is 10.3. The highest BCUT2D eigenvalue weighted by molar-refractivity contribution is 5.80. The van der Waals surface area contributed by atoms with Gasteiger partial charge in [-0.05, 0) is 25.3 Å². The van der Waals surface area contributed by atoms with Crippen LogP contribution >= 0.6 is 0 Å². The van der Waals surface area contributed by atoms with Gasteiger partial charge in [0.25, 0.3) is 0 Å². The average Bonchev–Trinajstić information content (AvgIpc) is 2.68. The number of urea groups is 1. The van der Waals surface area contributed by atoms with Gasteiger partial charge in [0.2, 0.25) is 5.91 Å². The van der Waals surface area contributed by atoms with Gasteiger partial charge in [-0.15, -0.1) is 0 Å². The second-order valence-electron chi connectivity index (χ2n) is 7.47. The number of carbonyl (C=O) groups excluding carboxylic acids is 2. The van der Waals surface area contributed by atoms with Crippen molar-refractivity contribution >= 4 is 11.9 Å². The molecule has 0 aromatic heterocycles. The number of rotatable bonds is 3. The van der Waals surface area contributed by atoms with Gasteiger partial charge in [0, 0.05) is 58.3 Å². The minimum Gasteiger partial charge on any atom is -0.337 e. The first-order valence-corrected chi connectivity index (χ1v) is 9.61. The fourth-order valence-electron chi connectivity index (χ4n) is 3.89. The number of hydrogen-bond donors (Lipinski definition) is 1. The SMILES string of the molecule is CC1CNCCN1C(=O)C1CCN(C(=O)N(C)Cc2ccccc2)CC1. The van der Waals surface area contributed by atoms with E-state index in [0.717, 1.165) is 38.0 Å². The summed E-state index contributed by atoms with van der Waals surface area (Å²) in [6.07, 6.45) is 1.53. The number of piperazine rings is 1. The van der Waals surface area contributed by atoms with E-state index in [1.54, 1.807) is 4.90 Å². The van der Waals surface area contributed by atoms with Crippen molar-refractivity contribution < 1.29 is 9.59 Å². The molecule has 26 heavy (non-hydrogen) atoms. The first-order chi connectivity index (χ1) is 12.6. The summed E-state index contributed by atoms with van der Waals surface area (Å²) in [7, 11) is 1.84. The van der Waals surface area contributed by atoms with Crippen molar-refractivity contribution in [2.45, 2.75) is 32.4 Å². The summed E-state index contributed by atoms with van der Waals surface area (Å²) in [5.41, 5.74) is 1.13. The molecular weight excluding hydrogens is 328 g/mol. The fraction of sp³-hybridized carbons (Fsp3) is 0.600. The van der Waals surface area contributed by atoms with Crippen molar-refractivity contribution in [2.75, 3.05) is 39.8 Å². The lowest BCUT2D eigenvalue weighted by Gasteiger charge is -2.39. The number of carbonyl (C=O) groups is 2. The first-order valence-electron chi connectivity index (χ1n) is 9.61. The lowest BCUT2D eigenvalue weighted by Crippen LogP contribution is -2.55. The molecule has 1 aromatic carbocycles. The monoisotopic (exact) mass is 358 g/mol. The minimum absolute atomic E-state index is 0.0512. The summed E-state index contributed by atoms with van der Waals surface area (Å²) in [5.74, 6) is 0.322. The molecule has 0 aliphatic carbocycles. The van der Waals surface area contributed by atoms with Crippen LogP contribution in [0.3, 0.4) is 0 Å². The number of hydrogen-bond acceptors (Lipinski definition) is 3. The van der Waals surface area contributed by atoms with Crippen LogP contribution < -0.4 is 5.32 Å². The Hall–Kier alpha value is -2.08. The van der Waals surface area contributed by atoms with E-state index in [9.17, 15) is 9.59 Å². The van der Waals surface area contributed by atoms with E-state index < -0.39 is 0 Å². The maximum absolute atomic E-state index is 12.8. The standard InChI is InChI=1S/C20H30N4O2/c1-16-14-21-10-13-24(16)19(25)18-8-11-23(12-9-18)20(26)22(2)15-17-6-4-3-5-7-17/h3-7,16,18,21H,8-15H2,1-2H3. The van der Waals surface area contributed by atoms with Crippen LogP contribution in [-0.4, -0.2) is 72.5 Å². The van der Waals surface area contributed by atoms with E-state index in [-0.39, 0.29) is 23.9 Å². The molecule has 142 valence electrons. The predicted molar refractivity (Wildman–Crippen MR) is 102 cm³/mol. The van der Waals surface area contributed by atoms with Crippen LogP contribution in [0, 0.1) is 5.92 Å². The first kappa shape index (κ1) is 18.7. The van der Waals surface area contributed by atoms with Crippen molar-refractivity contribution in [3.8, 4) is 0 Å². The molecule has 1 atom stereocenters. The highest BCUT2D eigenvalue weighted by Gasteiger charge is 2.33. The largest absolute Gasteiger partial charge is 0.337 e. The number of nitrogens with zero attached hydrogens (tertiary/aromatic N) is 3. The van der Waals surface area contributed by atoms with Crippen LogP contribution in [0.4, 0.5) is 4.79 Å². The van der Waals surface area contributed by atoms with Crippen LogP contribution in [0.1, 0.15) is 25.3 Å². The summed E-state index contributed by atoms with van der Waals surface area (Å²) in [6.45, 7) is 6.56. The molecule has 2 aliphatic rings. The zero-order valence-corrected chi connectivity index (χ0v) is 15.9. The predicted octanol–water partition coefficient (Wildman–Crippen LogP) is 1.77. The normalized spacial score (nSPS) is 21.5. The molecule has 1 N–H and O–H groups in total. The van der Waals surface area contributed by atoms with E-state index in [4.69, 9.17) is 0 Å². The van der Waals surface area contributed by atoms with E-state index in [1.165, 1.54) is 0 Å². The molecule has 6 heteroatoms. The molecule has 2 saturated heterocycles. The van der Waals surface area contributed by atoms with Gasteiger partial charge in [-0.1, -0.05) is 30.3 Å². The van der Waals surface area contributed by atoms with Gasteiger partial charge in [0.15, 0.2) is 0 Å². The molecule has 3 amide bonds. The Labute approximate surface area is 156 Å². The molecule has 0 spiro atoms. The Morgan fingerprint density at radius 3 is 2.50 bits per heavy atom. The smallest absolute Gasteiger partial charge is 0.320 e. The van der Waals surface area contributed by atoms with Crippen molar-refractivity contribution in [2.24, 2.45) is 5.92 Å². The number of benzene rings is 1. The van der Waals surface area contributed by atoms with Crippen molar-refractivity contribution in [1.82, 2.24) is 20.0 Å². The Bertz CT molecular complexity index is 613. The quantitative estimate of drug-likeness (QED) is 0.896. The minimum atomic E-state index is 0.0512. The summed E-state index contributed by atoms with van der Waals surface area (Å²) < 4.78 is 0. The Balaban J connectivity index is 1.49. The second-order valence-corrected chi connectivity index (χ2v) is 7.47. The fourth-order valence-corrected chi connectivity index (χ4v) is 3.89. The van der Waals surface area contributed by atoms with E-state index in [1.807, 2.05) is 47.2 Å². The Morgan fingerprint density at radius 2 is 1.85 bits per heavy atom. The molecule has 2 aliphatic heterocycles. The third-order valence-electron chi connectivity index (χ3n) is 5.49. The van der Waals surface area contributed by atoms with Gasteiger partial charge in [-0.2, -0.15) is 0 Å². The van der Waals surface area contributed by atoms with Gasteiger partial charge < -0.3 is 20.0 Å². The molecule has 0 radical (unpaired) electrons. The zero-order chi connectivity index (χ0) is 18.5. The van der Waals surface area contributed by atoms with Crippen molar-refractivity contribution in [1.29, 1.82) is 0 Å². The Kier molecular flexibility index (Phi) is 6.14. The third kappa shape index (κ3) is 4.36. The molecule has 6 nitrogen and oxygen atoms in total. The Morgan fingerprint density at radius 1 is 1.15 bits per heavy atom. The lowest BCUT2D eigenvalue weighted by molar-refractivity contribution is -0.139. The number of nitrogens with one attached hydrogen (secondary N) is 1. The maximum atomic E-state index is 12.8.